The minimum absolute atomic E-state index is 0.562. The summed E-state index contributed by atoms with van der Waals surface area (Å²) in [6.45, 7) is 6.70. The van der Waals surface area contributed by atoms with Gasteiger partial charge in [-0.05, 0) is 44.5 Å². The highest BCUT2D eigenvalue weighted by molar-refractivity contribution is 5.67. The maximum atomic E-state index is 5.99. The van der Waals surface area contributed by atoms with Crippen molar-refractivity contribution in [1.29, 1.82) is 0 Å². The van der Waals surface area contributed by atoms with Crippen molar-refractivity contribution in [2.45, 2.75) is 33.6 Å². The molecule has 0 aliphatic rings. The Balaban J connectivity index is 2.40. The first-order valence-electron chi connectivity index (χ1n) is 7.02. The Morgan fingerprint density at radius 2 is 1.80 bits per heavy atom. The number of anilines is 1. The van der Waals surface area contributed by atoms with Crippen LogP contribution < -0.4 is 10.5 Å². The third-order valence-corrected chi connectivity index (χ3v) is 3.14. The predicted molar refractivity (Wildman–Crippen MR) is 81.8 cm³/mol. The smallest absolute Gasteiger partial charge is 0.131 e. The molecule has 1 aromatic heterocycles. The second-order valence-corrected chi connectivity index (χ2v) is 4.71. The van der Waals surface area contributed by atoms with Crippen molar-refractivity contribution in [3.05, 3.63) is 35.7 Å². The molecular weight excluding hydrogens is 250 g/mol. The average molecular weight is 271 g/mol. The lowest BCUT2D eigenvalue weighted by atomic mass is 10.1. The SMILES string of the molecule is CCCc1nc(N)c(C)c(-c2ccc(OCC)cc2)n1. The Bertz CT molecular complexity index is 579. The van der Waals surface area contributed by atoms with Crippen LogP contribution in [0.25, 0.3) is 11.3 Å². The van der Waals surface area contributed by atoms with Gasteiger partial charge in [0.25, 0.3) is 0 Å². The van der Waals surface area contributed by atoms with Crippen LogP contribution in [0.1, 0.15) is 31.7 Å². The van der Waals surface area contributed by atoms with Gasteiger partial charge in [-0.3, -0.25) is 0 Å². The number of nitrogen functional groups attached to an aromatic ring is 1. The lowest BCUT2D eigenvalue weighted by Crippen LogP contribution is -2.04. The molecule has 0 amide bonds. The summed E-state index contributed by atoms with van der Waals surface area (Å²) in [4.78, 5) is 8.97. The summed E-state index contributed by atoms with van der Waals surface area (Å²) in [6, 6.07) is 7.93. The maximum Gasteiger partial charge on any atom is 0.131 e. The van der Waals surface area contributed by atoms with Gasteiger partial charge in [-0.1, -0.05) is 6.92 Å². The van der Waals surface area contributed by atoms with Gasteiger partial charge in [0.2, 0.25) is 0 Å². The van der Waals surface area contributed by atoms with Gasteiger partial charge in [0.15, 0.2) is 0 Å². The van der Waals surface area contributed by atoms with E-state index in [1.54, 1.807) is 0 Å². The Morgan fingerprint density at radius 1 is 1.10 bits per heavy atom. The Morgan fingerprint density at radius 3 is 2.40 bits per heavy atom. The second kappa shape index (κ2) is 6.37. The molecule has 0 saturated carbocycles. The number of aryl methyl sites for hydroxylation is 1. The van der Waals surface area contributed by atoms with E-state index in [0.29, 0.717) is 12.4 Å². The molecule has 0 spiro atoms. The first-order valence-corrected chi connectivity index (χ1v) is 7.02. The van der Waals surface area contributed by atoms with Gasteiger partial charge in [0.05, 0.1) is 12.3 Å². The van der Waals surface area contributed by atoms with Gasteiger partial charge in [-0.25, -0.2) is 9.97 Å². The molecule has 4 nitrogen and oxygen atoms in total. The first kappa shape index (κ1) is 14.3. The van der Waals surface area contributed by atoms with Crippen LogP contribution in [0.3, 0.4) is 0 Å². The highest BCUT2D eigenvalue weighted by atomic mass is 16.5. The predicted octanol–water partition coefficient (Wildman–Crippen LogP) is 3.39. The molecule has 1 aromatic carbocycles. The molecule has 0 radical (unpaired) electrons. The molecule has 2 rings (SSSR count). The Kier molecular flexibility index (Phi) is 4.56. The highest BCUT2D eigenvalue weighted by Crippen LogP contribution is 2.26. The van der Waals surface area contributed by atoms with Gasteiger partial charge in [-0.15, -0.1) is 0 Å². The molecule has 20 heavy (non-hydrogen) atoms. The lowest BCUT2D eigenvalue weighted by Gasteiger charge is -2.10. The average Bonchev–Trinajstić information content (AvgIpc) is 2.44. The van der Waals surface area contributed by atoms with E-state index in [1.165, 1.54) is 0 Å². The number of rotatable bonds is 5. The van der Waals surface area contributed by atoms with E-state index in [-0.39, 0.29) is 0 Å². The van der Waals surface area contributed by atoms with E-state index in [1.807, 2.05) is 38.1 Å². The van der Waals surface area contributed by atoms with Crippen LogP contribution in [0.5, 0.6) is 5.75 Å². The Hall–Kier alpha value is -2.10. The topological polar surface area (TPSA) is 61.0 Å². The van der Waals surface area contributed by atoms with Gasteiger partial charge < -0.3 is 10.5 Å². The van der Waals surface area contributed by atoms with Gasteiger partial charge in [0, 0.05) is 17.5 Å². The summed E-state index contributed by atoms with van der Waals surface area (Å²) >= 11 is 0. The standard InChI is InChI=1S/C16H21N3O/c1-4-6-14-18-15(11(3)16(17)19-14)12-7-9-13(10-8-12)20-5-2/h7-10H,4-6H2,1-3H3,(H2,17,18,19). The molecule has 0 aliphatic carbocycles. The molecule has 2 N–H and O–H groups in total. The van der Waals surface area contributed by atoms with Crippen molar-refractivity contribution in [1.82, 2.24) is 9.97 Å². The largest absolute Gasteiger partial charge is 0.494 e. The van der Waals surface area contributed by atoms with E-state index in [2.05, 4.69) is 16.9 Å². The van der Waals surface area contributed by atoms with Gasteiger partial charge in [0.1, 0.15) is 17.4 Å². The van der Waals surface area contributed by atoms with Crippen molar-refractivity contribution in [2.75, 3.05) is 12.3 Å². The zero-order valence-corrected chi connectivity index (χ0v) is 12.3. The fourth-order valence-electron chi connectivity index (χ4n) is 2.07. The van der Waals surface area contributed by atoms with E-state index in [9.17, 15) is 0 Å². The summed E-state index contributed by atoms with van der Waals surface area (Å²) in [7, 11) is 0. The van der Waals surface area contributed by atoms with Crippen molar-refractivity contribution < 1.29 is 4.74 Å². The lowest BCUT2D eigenvalue weighted by molar-refractivity contribution is 0.340. The molecule has 0 fully saturated rings. The van der Waals surface area contributed by atoms with Crippen molar-refractivity contribution >= 4 is 5.82 Å². The fraction of sp³-hybridized carbons (Fsp3) is 0.375. The second-order valence-electron chi connectivity index (χ2n) is 4.71. The van der Waals surface area contributed by atoms with Crippen LogP contribution >= 0.6 is 0 Å². The number of nitrogens with two attached hydrogens (primary N) is 1. The quantitative estimate of drug-likeness (QED) is 0.905. The van der Waals surface area contributed by atoms with Gasteiger partial charge >= 0.3 is 0 Å². The van der Waals surface area contributed by atoms with Crippen molar-refractivity contribution in [2.24, 2.45) is 0 Å². The summed E-state index contributed by atoms with van der Waals surface area (Å²) in [5.74, 6) is 2.23. The third-order valence-electron chi connectivity index (χ3n) is 3.14. The highest BCUT2D eigenvalue weighted by Gasteiger charge is 2.10. The third kappa shape index (κ3) is 3.07. The van der Waals surface area contributed by atoms with Gasteiger partial charge in [-0.2, -0.15) is 0 Å². The summed E-state index contributed by atoms with van der Waals surface area (Å²) < 4.78 is 5.46. The number of aromatic nitrogens is 2. The summed E-state index contributed by atoms with van der Waals surface area (Å²) in [5.41, 5.74) is 8.86. The zero-order valence-electron chi connectivity index (χ0n) is 12.3. The number of benzene rings is 1. The van der Waals surface area contributed by atoms with Crippen LogP contribution in [-0.4, -0.2) is 16.6 Å². The fourth-order valence-corrected chi connectivity index (χ4v) is 2.07. The molecule has 0 atom stereocenters. The zero-order chi connectivity index (χ0) is 14.5. The van der Waals surface area contributed by atoms with Crippen LogP contribution in [0, 0.1) is 6.92 Å². The molecule has 4 heteroatoms. The van der Waals surface area contributed by atoms with E-state index in [0.717, 1.165) is 41.2 Å². The van der Waals surface area contributed by atoms with E-state index in [4.69, 9.17) is 10.5 Å². The van der Waals surface area contributed by atoms with E-state index < -0.39 is 0 Å². The number of nitrogens with zero attached hydrogens (tertiary/aromatic N) is 2. The molecule has 2 aromatic rings. The molecule has 106 valence electrons. The number of hydrogen-bond acceptors (Lipinski definition) is 4. The number of ether oxygens (including phenoxy) is 1. The van der Waals surface area contributed by atoms with Crippen molar-refractivity contribution in [3.8, 4) is 17.0 Å². The Labute approximate surface area is 120 Å². The molecule has 1 heterocycles. The molecule has 0 unspecified atom stereocenters. The maximum absolute atomic E-state index is 5.99. The minimum Gasteiger partial charge on any atom is -0.494 e. The van der Waals surface area contributed by atoms with Crippen molar-refractivity contribution in [3.63, 3.8) is 0 Å². The van der Waals surface area contributed by atoms with Crippen LogP contribution in [-0.2, 0) is 6.42 Å². The van der Waals surface area contributed by atoms with Crippen LogP contribution in [0.2, 0.25) is 0 Å². The first-order chi connectivity index (χ1) is 9.65. The molecule has 0 saturated heterocycles. The van der Waals surface area contributed by atoms with Crippen LogP contribution in [0.4, 0.5) is 5.82 Å². The minimum atomic E-state index is 0.562. The van der Waals surface area contributed by atoms with Crippen LogP contribution in [0.15, 0.2) is 24.3 Å². The summed E-state index contributed by atoms with van der Waals surface area (Å²) in [6.07, 6.45) is 1.85. The van der Waals surface area contributed by atoms with E-state index >= 15 is 0 Å². The molecule has 0 bridgehead atoms. The molecular formula is C16H21N3O. The molecule has 0 aliphatic heterocycles. The monoisotopic (exact) mass is 271 g/mol. The number of hydrogen-bond donors (Lipinski definition) is 1. The normalized spacial score (nSPS) is 10.6. The summed E-state index contributed by atoms with van der Waals surface area (Å²) in [5, 5.41) is 0.